The molecule has 0 radical (unpaired) electrons. The van der Waals surface area contributed by atoms with E-state index in [-0.39, 0.29) is 22.0 Å². The molecule has 13 heteroatoms. The summed E-state index contributed by atoms with van der Waals surface area (Å²) in [5.41, 5.74) is -2.77. The molecule has 0 saturated carbocycles. The Morgan fingerprint density at radius 2 is 1.63 bits per heavy atom. The Labute approximate surface area is 215 Å². The number of anilines is 2. The molecule has 0 spiro atoms. The molecule has 3 aromatic carbocycles. The highest BCUT2D eigenvalue weighted by Gasteiger charge is 2.43. The van der Waals surface area contributed by atoms with Crippen LogP contribution in [0.2, 0.25) is 5.02 Å². The van der Waals surface area contributed by atoms with Crippen molar-refractivity contribution in [3.63, 3.8) is 0 Å². The topological polar surface area (TPSA) is 49.4 Å². The molecule has 202 valence electrons. The van der Waals surface area contributed by atoms with E-state index in [9.17, 15) is 44.7 Å². The Kier molecular flexibility index (Phi) is 8.35. The number of rotatable bonds is 6. The number of carbonyl (C=O) groups excluding carboxylic acids is 2. The summed E-state index contributed by atoms with van der Waals surface area (Å²) in [5, 5.41) is 2.03. The Hall–Kier alpha value is -3.67. The fourth-order valence-corrected chi connectivity index (χ4v) is 3.69. The Bertz CT molecular complexity index is 1360. The van der Waals surface area contributed by atoms with Gasteiger partial charge in [0.15, 0.2) is 0 Å². The van der Waals surface area contributed by atoms with Gasteiger partial charge in [-0.1, -0.05) is 29.8 Å². The lowest BCUT2D eigenvalue weighted by Gasteiger charge is -2.25. The molecule has 1 atom stereocenters. The van der Waals surface area contributed by atoms with Crippen LogP contribution >= 0.6 is 11.6 Å². The summed E-state index contributed by atoms with van der Waals surface area (Å²) < 4.78 is 107. The molecule has 0 aliphatic carbocycles. The van der Waals surface area contributed by atoms with Crippen molar-refractivity contribution < 1.29 is 44.7 Å². The zero-order chi connectivity index (χ0) is 28.4. The second-order valence-corrected chi connectivity index (χ2v) is 8.52. The van der Waals surface area contributed by atoms with Gasteiger partial charge < -0.3 is 10.2 Å². The molecule has 0 heterocycles. The summed E-state index contributed by atoms with van der Waals surface area (Å²) >= 11 is 6.02. The van der Waals surface area contributed by atoms with Crippen molar-refractivity contribution in [3.05, 3.63) is 94.0 Å². The third-order valence-corrected chi connectivity index (χ3v) is 5.86. The standard InChI is InChI=1S/C25H17ClF8N2O2/c1-36(22(37)12-18(25(32,33)34)13-3-2-4-14(9-13)24(29,30)31)16-6-7-19(26)17(11-16)23(38)35-21-8-5-15(27)10-20(21)28/h2-11,18H,12H2,1H3,(H,35,38). The predicted molar refractivity (Wildman–Crippen MR) is 124 cm³/mol. The summed E-state index contributed by atoms with van der Waals surface area (Å²) in [6, 6.07) is 8.46. The second kappa shape index (κ2) is 11.0. The minimum Gasteiger partial charge on any atom is -0.319 e. The van der Waals surface area contributed by atoms with Gasteiger partial charge in [-0.3, -0.25) is 9.59 Å². The molecule has 3 rings (SSSR count). The van der Waals surface area contributed by atoms with Gasteiger partial charge in [-0.15, -0.1) is 0 Å². The average Bonchev–Trinajstić information content (AvgIpc) is 2.82. The smallest absolute Gasteiger partial charge is 0.319 e. The lowest BCUT2D eigenvalue weighted by Crippen LogP contribution is -2.32. The van der Waals surface area contributed by atoms with Crippen LogP contribution in [0.15, 0.2) is 60.7 Å². The van der Waals surface area contributed by atoms with E-state index < -0.39 is 59.3 Å². The van der Waals surface area contributed by atoms with Gasteiger partial charge in [0.1, 0.15) is 11.6 Å². The van der Waals surface area contributed by atoms with Crippen LogP contribution in [0.25, 0.3) is 0 Å². The predicted octanol–water partition coefficient (Wildman–Crippen LogP) is 7.59. The van der Waals surface area contributed by atoms with Gasteiger partial charge in [0.25, 0.3) is 5.91 Å². The number of halogens is 9. The molecule has 1 unspecified atom stereocenters. The lowest BCUT2D eigenvalue weighted by atomic mass is 9.93. The van der Waals surface area contributed by atoms with Crippen LogP contribution in [0, 0.1) is 11.6 Å². The van der Waals surface area contributed by atoms with Crippen LogP contribution in [0.1, 0.15) is 33.8 Å². The van der Waals surface area contributed by atoms with Crippen molar-refractivity contribution in [1.82, 2.24) is 0 Å². The number of alkyl halides is 6. The van der Waals surface area contributed by atoms with E-state index in [1.807, 2.05) is 0 Å². The number of amides is 2. The van der Waals surface area contributed by atoms with Crippen molar-refractivity contribution in [2.75, 3.05) is 17.3 Å². The van der Waals surface area contributed by atoms with Crippen LogP contribution < -0.4 is 10.2 Å². The van der Waals surface area contributed by atoms with Gasteiger partial charge in [0.05, 0.1) is 27.8 Å². The molecule has 0 fully saturated rings. The molecule has 0 bridgehead atoms. The normalized spacial score (nSPS) is 12.7. The van der Waals surface area contributed by atoms with Crippen molar-refractivity contribution in [2.45, 2.75) is 24.7 Å². The molecule has 0 aliphatic heterocycles. The number of hydrogen-bond donors (Lipinski definition) is 1. The van der Waals surface area contributed by atoms with Crippen LogP contribution in [0.5, 0.6) is 0 Å². The zero-order valence-corrected chi connectivity index (χ0v) is 20.0. The zero-order valence-electron chi connectivity index (χ0n) is 19.2. The Morgan fingerprint density at radius 1 is 0.947 bits per heavy atom. The van der Waals surface area contributed by atoms with Gasteiger partial charge in [-0.25, -0.2) is 8.78 Å². The van der Waals surface area contributed by atoms with Crippen molar-refractivity contribution in [2.24, 2.45) is 0 Å². The maximum absolute atomic E-state index is 13.9. The van der Waals surface area contributed by atoms with Crippen LogP contribution in [-0.2, 0) is 11.0 Å². The fraction of sp³-hybridized carbons (Fsp3) is 0.200. The largest absolute Gasteiger partial charge is 0.416 e. The minimum absolute atomic E-state index is 0.0749. The third-order valence-electron chi connectivity index (χ3n) is 5.53. The number of nitrogens with one attached hydrogen (secondary N) is 1. The molecule has 0 aliphatic rings. The molecule has 4 nitrogen and oxygen atoms in total. The van der Waals surface area contributed by atoms with E-state index >= 15 is 0 Å². The number of benzene rings is 3. The summed E-state index contributed by atoms with van der Waals surface area (Å²) in [6.45, 7) is 0. The molecule has 2 amide bonds. The highest BCUT2D eigenvalue weighted by atomic mass is 35.5. The summed E-state index contributed by atoms with van der Waals surface area (Å²) in [4.78, 5) is 26.2. The first kappa shape index (κ1) is 28.9. The lowest BCUT2D eigenvalue weighted by molar-refractivity contribution is -0.157. The molecule has 3 aromatic rings. The summed E-state index contributed by atoms with van der Waals surface area (Å²) in [5.74, 6) is -6.59. The summed E-state index contributed by atoms with van der Waals surface area (Å²) in [6.07, 6.45) is -11.2. The molecule has 0 saturated heterocycles. The van der Waals surface area contributed by atoms with E-state index in [1.165, 1.54) is 12.1 Å². The number of nitrogens with zero attached hydrogens (tertiary/aromatic N) is 1. The quantitative estimate of drug-likeness (QED) is 0.314. The molecule has 0 aromatic heterocycles. The first-order chi connectivity index (χ1) is 17.6. The van der Waals surface area contributed by atoms with Gasteiger partial charge in [-0.05, 0) is 42.0 Å². The molecular weight excluding hydrogens is 548 g/mol. The molecular formula is C25H17ClF8N2O2. The van der Waals surface area contributed by atoms with Gasteiger partial charge in [-0.2, -0.15) is 26.3 Å². The van der Waals surface area contributed by atoms with Crippen LogP contribution in [0.3, 0.4) is 0 Å². The van der Waals surface area contributed by atoms with Crippen molar-refractivity contribution in [3.8, 4) is 0 Å². The van der Waals surface area contributed by atoms with Crippen molar-refractivity contribution >= 4 is 34.8 Å². The number of carbonyl (C=O) groups is 2. The molecule has 38 heavy (non-hydrogen) atoms. The van der Waals surface area contributed by atoms with Crippen LogP contribution in [-0.4, -0.2) is 25.0 Å². The number of hydrogen-bond acceptors (Lipinski definition) is 2. The Morgan fingerprint density at radius 3 is 2.24 bits per heavy atom. The van der Waals surface area contributed by atoms with E-state index in [0.29, 0.717) is 18.2 Å². The van der Waals surface area contributed by atoms with E-state index in [4.69, 9.17) is 11.6 Å². The van der Waals surface area contributed by atoms with Crippen molar-refractivity contribution in [1.29, 1.82) is 0 Å². The summed E-state index contributed by atoms with van der Waals surface area (Å²) in [7, 11) is 1.10. The second-order valence-electron chi connectivity index (χ2n) is 8.12. The minimum atomic E-state index is -5.05. The van der Waals surface area contributed by atoms with E-state index in [2.05, 4.69) is 5.32 Å². The molecule has 1 N–H and O–H groups in total. The van der Waals surface area contributed by atoms with E-state index in [1.54, 1.807) is 0 Å². The SMILES string of the molecule is CN(C(=O)CC(c1cccc(C(F)(F)F)c1)C(F)(F)F)c1ccc(Cl)c(C(=O)Nc2ccc(F)cc2F)c1. The maximum atomic E-state index is 13.9. The highest BCUT2D eigenvalue weighted by molar-refractivity contribution is 6.34. The van der Waals surface area contributed by atoms with Crippen LogP contribution in [0.4, 0.5) is 46.5 Å². The fourth-order valence-electron chi connectivity index (χ4n) is 3.49. The average molecular weight is 565 g/mol. The maximum Gasteiger partial charge on any atom is 0.416 e. The third kappa shape index (κ3) is 6.80. The monoisotopic (exact) mass is 564 g/mol. The highest BCUT2D eigenvalue weighted by Crippen LogP contribution is 2.40. The van der Waals surface area contributed by atoms with Gasteiger partial charge >= 0.3 is 12.4 Å². The van der Waals surface area contributed by atoms with Gasteiger partial charge in [0.2, 0.25) is 5.91 Å². The Balaban J connectivity index is 1.85. The van der Waals surface area contributed by atoms with E-state index in [0.717, 1.165) is 42.3 Å². The first-order valence-electron chi connectivity index (χ1n) is 10.6. The van der Waals surface area contributed by atoms with Gasteiger partial charge in [0, 0.05) is 25.2 Å². The first-order valence-corrected chi connectivity index (χ1v) is 11.0.